The highest BCUT2D eigenvalue weighted by Crippen LogP contribution is 2.31. The van der Waals surface area contributed by atoms with Gasteiger partial charge in [0.15, 0.2) is 0 Å². The van der Waals surface area contributed by atoms with Gasteiger partial charge >= 0.3 is 0 Å². The van der Waals surface area contributed by atoms with Crippen molar-refractivity contribution < 1.29 is 4.74 Å². The van der Waals surface area contributed by atoms with Crippen molar-refractivity contribution in [2.24, 2.45) is 5.73 Å². The van der Waals surface area contributed by atoms with Crippen LogP contribution in [0.15, 0.2) is 5.38 Å². The maximum absolute atomic E-state index is 5.74. The predicted octanol–water partition coefficient (Wildman–Crippen LogP) is 1.88. The van der Waals surface area contributed by atoms with Gasteiger partial charge in [0, 0.05) is 29.9 Å². The van der Waals surface area contributed by atoms with Crippen LogP contribution in [-0.2, 0) is 10.2 Å². The zero-order valence-electron chi connectivity index (χ0n) is 9.32. The molecule has 0 aromatic carbocycles. The fraction of sp³-hybridized carbons (Fsp3) is 0.727. The molecular formula is C11H18N2OS. The topological polar surface area (TPSA) is 48.1 Å². The summed E-state index contributed by atoms with van der Waals surface area (Å²) in [5.41, 5.74) is 6.93. The standard InChI is InChI=1S/C11H18N2OS/c1-11(2,7-12)10-13-9(6-15-10)8-3-4-14-5-8/h6,8H,3-5,7,12H2,1-2H3. The summed E-state index contributed by atoms with van der Waals surface area (Å²) in [4.78, 5) is 4.69. The zero-order valence-corrected chi connectivity index (χ0v) is 10.1. The Bertz CT molecular complexity index is 329. The molecule has 1 aromatic rings. The maximum atomic E-state index is 5.74. The molecule has 0 aliphatic carbocycles. The van der Waals surface area contributed by atoms with Gasteiger partial charge in [-0.2, -0.15) is 0 Å². The Morgan fingerprint density at radius 2 is 2.47 bits per heavy atom. The van der Waals surface area contributed by atoms with Gasteiger partial charge in [0.05, 0.1) is 17.3 Å². The van der Waals surface area contributed by atoms with Crippen LogP contribution in [-0.4, -0.2) is 24.7 Å². The van der Waals surface area contributed by atoms with Crippen LogP contribution in [0.4, 0.5) is 0 Å². The van der Waals surface area contributed by atoms with Crippen LogP contribution in [0.25, 0.3) is 0 Å². The number of rotatable bonds is 3. The Hall–Kier alpha value is -0.450. The second-order valence-electron chi connectivity index (χ2n) is 4.73. The van der Waals surface area contributed by atoms with E-state index >= 15 is 0 Å². The van der Waals surface area contributed by atoms with E-state index in [0.29, 0.717) is 12.5 Å². The third kappa shape index (κ3) is 2.22. The van der Waals surface area contributed by atoms with Crippen LogP contribution in [0.5, 0.6) is 0 Å². The highest BCUT2D eigenvalue weighted by Gasteiger charge is 2.26. The van der Waals surface area contributed by atoms with Crippen molar-refractivity contribution in [1.29, 1.82) is 0 Å². The van der Waals surface area contributed by atoms with E-state index in [1.54, 1.807) is 11.3 Å². The first kappa shape index (κ1) is 11.0. The normalized spacial score (nSPS) is 22.2. The Labute approximate surface area is 94.7 Å². The van der Waals surface area contributed by atoms with Crippen LogP contribution in [0.2, 0.25) is 0 Å². The molecule has 1 aliphatic heterocycles. The number of hydrogen-bond donors (Lipinski definition) is 1. The average molecular weight is 226 g/mol. The van der Waals surface area contributed by atoms with Crippen LogP contribution in [0.3, 0.4) is 0 Å². The van der Waals surface area contributed by atoms with Gasteiger partial charge < -0.3 is 10.5 Å². The van der Waals surface area contributed by atoms with Gasteiger partial charge in [-0.15, -0.1) is 11.3 Å². The van der Waals surface area contributed by atoms with E-state index in [1.165, 1.54) is 5.69 Å². The second-order valence-corrected chi connectivity index (χ2v) is 5.58. The molecule has 2 heterocycles. The fourth-order valence-corrected chi connectivity index (χ4v) is 2.68. The van der Waals surface area contributed by atoms with E-state index in [2.05, 4.69) is 19.2 Å². The first-order valence-corrected chi connectivity index (χ1v) is 6.25. The molecule has 84 valence electrons. The largest absolute Gasteiger partial charge is 0.381 e. The number of aromatic nitrogens is 1. The van der Waals surface area contributed by atoms with Gasteiger partial charge in [0.25, 0.3) is 0 Å². The SMILES string of the molecule is CC(C)(CN)c1nc(C2CCOC2)cs1. The number of nitrogens with two attached hydrogens (primary N) is 1. The molecule has 4 heteroatoms. The summed E-state index contributed by atoms with van der Waals surface area (Å²) in [6.07, 6.45) is 1.10. The lowest BCUT2D eigenvalue weighted by molar-refractivity contribution is 0.193. The van der Waals surface area contributed by atoms with Crippen molar-refractivity contribution >= 4 is 11.3 Å². The van der Waals surface area contributed by atoms with Gasteiger partial charge in [0.1, 0.15) is 0 Å². The molecule has 1 unspecified atom stereocenters. The third-order valence-corrected chi connectivity index (χ3v) is 4.19. The quantitative estimate of drug-likeness (QED) is 0.856. The van der Waals surface area contributed by atoms with Crippen molar-refractivity contribution in [2.75, 3.05) is 19.8 Å². The first-order chi connectivity index (χ1) is 7.13. The van der Waals surface area contributed by atoms with Crippen molar-refractivity contribution in [3.05, 3.63) is 16.1 Å². The highest BCUT2D eigenvalue weighted by atomic mass is 32.1. The molecule has 2 rings (SSSR count). The molecule has 1 saturated heterocycles. The van der Waals surface area contributed by atoms with E-state index in [1.807, 2.05) is 0 Å². The van der Waals surface area contributed by atoms with Crippen molar-refractivity contribution in [3.63, 3.8) is 0 Å². The molecule has 0 spiro atoms. The second kappa shape index (κ2) is 4.20. The van der Waals surface area contributed by atoms with Crippen LogP contribution in [0, 0.1) is 0 Å². The molecule has 1 fully saturated rings. The minimum absolute atomic E-state index is 0.00236. The Kier molecular flexibility index (Phi) is 3.09. The van der Waals surface area contributed by atoms with E-state index < -0.39 is 0 Å². The molecule has 1 aromatic heterocycles. The molecule has 0 amide bonds. The molecule has 0 radical (unpaired) electrons. The average Bonchev–Trinajstić information content (AvgIpc) is 2.88. The van der Waals surface area contributed by atoms with Crippen LogP contribution < -0.4 is 5.73 Å². The lowest BCUT2D eigenvalue weighted by Gasteiger charge is -2.18. The lowest BCUT2D eigenvalue weighted by atomic mass is 9.95. The van der Waals surface area contributed by atoms with Crippen LogP contribution >= 0.6 is 11.3 Å². The molecule has 15 heavy (non-hydrogen) atoms. The van der Waals surface area contributed by atoms with Crippen LogP contribution in [0.1, 0.15) is 36.9 Å². The first-order valence-electron chi connectivity index (χ1n) is 5.37. The smallest absolute Gasteiger partial charge is 0.0997 e. The summed E-state index contributed by atoms with van der Waals surface area (Å²) in [5, 5.41) is 3.30. The predicted molar refractivity (Wildman–Crippen MR) is 62.4 cm³/mol. The summed E-state index contributed by atoms with van der Waals surface area (Å²) < 4.78 is 5.37. The molecule has 1 aliphatic rings. The van der Waals surface area contributed by atoms with Gasteiger partial charge in [-0.25, -0.2) is 4.98 Å². The van der Waals surface area contributed by atoms with Gasteiger partial charge in [-0.3, -0.25) is 0 Å². The monoisotopic (exact) mass is 226 g/mol. The summed E-state index contributed by atoms with van der Waals surface area (Å²) in [7, 11) is 0. The molecule has 3 nitrogen and oxygen atoms in total. The van der Waals surface area contributed by atoms with Gasteiger partial charge in [0.2, 0.25) is 0 Å². The van der Waals surface area contributed by atoms with Crippen molar-refractivity contribution in [3.8, 4) is 0 Å². The van der Waals surface area contributed by atoms with Gasteiger partial charge in [-0.05, 0) is 6.42 Å². The van der Waals surface area contributed by atoms with E-state index in [0.717, 1.165) is 24.6 Å². The summed E-state index contributed by atoms with van der Waals surface area (Å²) in [5.74, 6) is 0.503. The number of nitrogens with zero attached hydrogens (tertiary/aromatic N) is 1. The number of hydrogen-bond acceptors (Lipinski definition) is 4. The van der Waals surface area contributed by atoms with Crippen molar-refractivity contribution in [2.45, 2.75) is 31.6 Å². The molecule has 0 saturated carbocycles. The van der Waals surface area contributed by atoms with Crippen molar-refractivity contribution in [1.82, 2.24) is 4.98 Å². The minimum Gasteiger partial charge on any atom is -0.381 e. The summed E-state index contributed by atoms with van der Waals surface area (Å²) in [6.45, 7) is 6.62. The molecular weight excluding hydrogens is 208 g/mol. The highest BCUT2D eigenvalue weighted by molar-refractivity contribution is 7.09. The molecule has 0 bridgehead atoms. The van der Waals surface area contributed by atoms with E-state index in [9.17, 15) is 0 Å². The Morgan fingerprint density at radius 3 is 3.07 bits per heavy atom. The molecule has 1 atom stereocenters. The van der Waals surface area contributed by atoms with E-state index in [4.69, 9.17) is 15.5 Å². The zero-order chi connectivity index (χ0) is 10.9. The fourth-order valence-electron chi connectivity index (χ4n) is 1.64. The minimum atomic E-state index is 0.00236. The summed E-state index contributed by atoms with van der Waals surface area (Å²) in [6, 6.07) is 0. The maximum Gasteiger partial charge on any atom is 0.0997 e. The number of ether oxygens (including phenoxy) is 1. The Morgan fingerprint density at radius 1 is 1.67 bits per heavy atom. The Balaban J connectivity index is 2.16. The summed E-state index contributed by atoms with van der Waals surface area (Å²) >= 11 is 1.72. The lowest BCUT2D eigenvalue weighted by Crippen LogP contribution is -2.28. The van der Waals surface area contributed by atoms with E-state index in [-0.39, 0.29) is 5.41 Å². The number of thiazole rings is 1. The molecule has 2 N–H and O–H groups in total. The van der Waals surface area contributed by atoms with Gasteiger partial charge in [-0.1, -0.05) is 13.8 Å². The third-order valence-electron chi connectivity index (χ3n) is 2.96.